The van der Waals surface area contributed by atoms with Gasteiger partial charge in [0.25, 0.3) is 0 Å². The van der Waals surface area contributed by atoms with Gasteiger partial charge < -0.3 is 4.42 Å². The first-order valence-corrected chi connectivity index (χ1v) is 6.58. The predicted octanol–water partition coefficient (Wildman–Crippen LogP) is 5.05. The van der Waals surface area contributed by atoms with E-state index in [0.29, 0.717) is 0 Å². The Kier molecular flexibility index (Phi) is 3.24. The van der Waals surface area contributed by atoms with Gasteiger partial charge in [-0.3, -0.25) is 0 Å². The number of halogens is 2. The molecule has 0 radical (unpaired) electrons. The van der Waals surface area contributed by atoms with Crippen LogP contribution in [-0.4, -0.2) is 0 Å². The minimum atomic E-state index is -0.192. The zero-order valence-electron chi connectivity index (χ0n) is 8.38. The number of aryl methyl sites for hydroxylation is 2. The molecule has 2 rings (SSSR count). The molecule has 0 aliphatic heterocycles. The molecule has 0 saturated heterocycles. The lowest BCUT2D eigenvalue weighted by atomic mass is 10.1. The van der Waals surface area contributed by atoms with Crippen LogP contribution in [0.5, 0.6) is 0 Å². The molecule has 15 heavy (non-hydrogen) atoms. The van der Waals surface area contributed by atoms with Gasteiger partial charge in [-0.2, -0.15) is 0 Å². The molecule has 80 valence electrons. The molecule has 0 aliphatic carbocycles. The second kappa shape index (κ2) is 4.32. The van der Waals surface area contributed by atoms with E-state index in [0.717, 1.165) is 20.7 Å². The maximum Gasteiger partial charge on any atom is 0.129 e. The van der Waals surface area contributed by atoms with Gasteiger partial charge in [0.1, 0.15) is 11.1 Å². The molecule has 2 aromatic heterocycles. The second-order valence-corrected chi connectivity index (χ2v) is 6.46. The van der Waals surface area contributed by atoms with Gasteiger partial charge in [0.2, 0.25) is 0 Å². The van der Waals surface area contributed by atoms with Gasteiger partial charge in [-0.1, -0.05) is 0 Å². The third kappa shape index (κ3) is 2.14. The Labute approximate surface area is 106 Å². The Hall–Kier alpha value is -0.250. The summed E-state index contributed by atoms with van der Waals surface area (Å²) in [4.78, 5) is 1.22. The molecule has 2 heterocycles. The zero-order chi connectivity index (χ0) is 11.0. The van der Waals surface area contributed by atoms with Crippen LogP contribution in [0, 0.1) is 13.8 Å². The van der Waals surface area contributed by atoms with E-state index in [9.17, 15) is 0 Å². The van der Waals surface area contributed by atoms with Crippen LogP contribution in [-0.2, 0) is 0 Å². The van der Waals surface area contributed by atoms with Crippen molar-refractivity contribution >= 4 is 38.9 Å². The van der Waals surface area contributed by atoms with E-state index in [4.69, 9.17) is 16.0 Å². The third-order valence-electron chi connectivity index (χ3n) is 2.33. The first-order chi connectivity index (χ1) is 7.09. The van der Waals surface area contributed by atoms with Crippen molar-refractivity contribution in [1.29, 1.82) is 0 Å². The van der Waals surface area contributed by atoms with Crippen LogP contribution in [0.4, 0.5) is 0 Å². The summed E-state index contributed by atoms with van der Waals surface area (Å²) in [5.74, 6) is 0.838. The molecule has 0 fully saturated rings. The molecule has 4 heteroatoms. The van der Waals surface area contributed by atoms with Gasteiger partial charge in [0, 0.05) is 4.88 Å². The molecule has 1 atom stereocenters. The molecule has 0 bridgehead atoms. The van der Waals surface area contributed by atoms with E-state index in [2.05, 4.69) is 28.9 Å². The van der Waals surface area contributed by atoms with Gasteiger partial charge in [0.15, 0.2) is 0 Å². The summed E-state index contributed by atoms with van der Waals surface area (Å²) in [7, 11) is 0. The summed E-state index contributed by atoms with van der Waals surface area (Å²) in [5.41, 5.74) is 2.21. The lowest BCUT2D eigenvalue weighted by Crippen LogP contribution is -1.92. The van der Waals surface area contributed by atoms with Crippen molar-refractivity contribution in [3.8, 4) is 0 Å². The molecule has 2 aromatic rings. The number of rotatable bonds is 2. The maximum absolute atomic E-state index is 6.39. The van der Waals surface area contributed by atoms with Crippen LogP contribution in [0.15, 0.2) is 26.6 Å². The number of thiophene rings is 1. The summed E-state index contributed by atoms with van der Waals surface area (Å²) in [6, 6.07) is 3.99. The Bertz CT molecular complexity index is 475. The second-order valence-electron chi connectivity index (χ2n) is 3.39. The topological polar surface area (TPSA) is 13.1 Å². The van der Waals surface area contributed by atoms with Crippen LogP contribution in [0.2, 0.25) is 0 Å². The van der Waals surface area contributed by atoms with Crippen molar-refractivity contribution in [3.63, 3.8) is 0 Å². The van der Waals surface area contributed by atoms with Crippen molar-refractivity contribution in [2.45, 2.75) is 19.2 Å². The molecule has 0 aromatic carbocycles. The maximum atomic E-state index is 6.39. The normalized spacial score (nSPS) is 13.1. The fraction of sp³-hybridized carbons (Fsp3) is 0.273. The number of alkyl halides is 1. The first kappa shape index (κ1) is 11.2. The van der Waals surface area contributed by atoms with Crippen molar-refractivity contribution in [2.75, 3.05) is 0 Å². The highest BCUT2D eigenvalue weighted by Crippen LogP contribution is 2.38. The van der Waals surface area contributed by atoms with Crippen molar-refractivity contribution in [3.05, 3.63) is 43.9 Å². The SMILES string of the molecule is Cc1ccoc1C(Cl)c1cc(Br)sc1C. The molecule has 0 amide bonds. The van der Waals surface area contributed by atoms with E-state index < -0.39 is 0 Å². The smallest absolute Gasteiger partial charge is 0.129 e. The minimum Gasteiger partial charge on any atom is -0.467 e. The molecule has 0 spiro atoms. The van der Waals surface area contributed by atoms with Crippen LogP contribution >= 0.6 is 38.9 Å². The van der Waals surface area contributed by atoms with Gasteiger partial charge in [-0.15, -0.1) is 22.9 Å². The largest absolute Gasteiger partial charge is 0.467 e. The van der Waals surface area contributed by atoms with Crippen LogP contribution in [0.3, 0.4) is 0 Å². The predicted molar refractivity (Wildman–Crippen MR) is 67.9 cm³/mol. The average Bonchev–Trinajstić information content (AvgIpc) is 2.71. The Balaban J connectivity index is 2.40. The standard InChI is InChI=1S/C11H10BrClOS/c1-6-3-4-14-11(6)10(13)8-5-9(12)15-7(8)2/h3-5,10H,1-2H3. The van der Waals surface area contributed by atoms with Gasteiger partial charge >= 0.3 is 0 Å². The third-order valence-corrected chi connectivity index (χ3v) is 4.33. The monoisotopic (exact) mass is 304 g/mol. The zero-order valence-corrected chi connectivity index (χ0v) is 11.5. The van der Waals surface area contributed by atoms with Crippen LogP contribution in [0.25, 0.3) is 0 Å². The first-order valence-electron chi connectivity index (χ1n) is 4.53. The lowest BCUT2D eigenvalue weighted by molar-refractivity contribution is 0.513. The Morgan fingerprint density at radius 2 is 2.20 bits per heavy atom. The van der Waals surface area contributed by atoms with Crippen LogP contribution in [0.1, 0.15) is 27.1 Å². The minimum absolute atomic E-state index is 0.192. The number of furan rings is 1. The van der Waals surface area contributed by atoms with Gasteiger partial charge in [0.05, 0.1) is 10.0 Å². The summed E-state index contributed by atoms with van der Waals surface area (Å²) in [6.45, 7) is 4.07. The number of hydrogen-bond donors (Lipinski definition) is 0. The van der Waals surface area contributed by atoms with Gasteiger partial charge in [-0.05, 0) is 53.0 Å². The molecule has 1 nitrogen and oxygen atoms in total. The summed E-state index contributed by atoms with van der Waals surface area (Å²) < 4.78 is 6.50. The quantitative estimate of drug-likeness (QED) is 0.708. The molecule has 1 unspecified atom stereocenters. The summed E-state index contributed by atoms with van der Waals surface area (Å²) >= 11 is 11.5. The van der Waals surface area contributed by atoms with Crippen LogP contribution < -0.4 is 0 Å². The average molecular weight is 306 g/mol. The Morgan fingerprint density at radius 3 is 2.67 bits per heavy atom. The molecule has 0 aliphatic rings. The van der Waals surface area contributed by atoms with E-state index in [-0.39, 0.29) is 5.38 Å². The van der Waals surface area contributed by atoms with Crippen molar-refractivity contribution < 1.29 is 4.42 Å². The highest BCUT2D eigenvalue weighted by Gasteiger charge is 2.20. The molecule has 0 N–H and O–H groups in total. The summed E-state index contributed by atoms with van der Waals surface area (Å²) in [5, 5.41) is -0.192. The van der Waals surface area contributed by atoms with Gasteiger partial charge in [-0.25, -0.2) is 0 Å². The molecular weight excluding hydrogens is 296 g/mol. The molecule has 0 saturated carbocycles. The molecular formula is C11H10BrClOS. The van der Waals surface area contributed by atoms with Crippen molar-refractivity contribution in [1.82, 2.24) is 0 Å². The van der Waals surface area contributed by atoms with E-state index in [1.807, 2.05) is 13.0 Å². The fourth-order valence-electron chi connectivity index (χ4n) is 1.50. The summed E-state index contributed by atoms with van der Waals surface area (Å²) in [6.07, 6.45) is 1.68. The van der Waals surface area contributed by atoms with E-state index in [1.54, 1.807) is 17.6 Å². The highest BCUT2D eigenvalue weighted by atomic mass is 79.9. The Morgan fingerprint density at radius 1 is 1.47 bits per heavy atom. The van der Waals surface area contributed by atoms with Crippen molar-refractivity contribution in [2.24, 2.45) is 0 Å². The fourth-order valence-corrected chi connectivity index (χ4v) is 3.76. The highest BCUT2D eigenvalue weighted by molar-refractivity contribution is 9.11. The van der Waals surface area contributed by atoms with E-state index in [1.165, 1.54) is 4.88 Å². The van der Waals surface area contributed by atoms with E-state index >= 15 is 0 Å². The lowest BCUT2D eigenvalue weighted by Gasteiger charge is -2.07. The number of hydrogen-bond acceptors (Lipinski definition) is 2.